The summed E-state index contributed by atoms with van der Waals surface area (Å²) in [4.78, 5) is 0. The molecule has 1 N–H and O–H groups in total. The minimum Gasteiger partial charge on any atom is -0.305 e. The molecule has 0 aliphatic heterocycles. The first-order chi connectivity index (χ1) is 9.52. The van der Waals surface area contributed by atoms with Gasteiger partial charge < -0.3 is 5.32 Å². The summed E-state index contributed by atoms with van der Waals surface area (Å²) in [5.74, 6) is 0.570. The zero-order valence-electron chi connectivity index (χ0n) is 13.1. The Morgan fingerprint density at radius 3 is 2.20 bits per heavy atom. The molecular formula is C17H25N3. The van der Waals surface area contributed by atoms with Crippen LogP contribution in [0.5, 0.6) is 0 Å². The highest BCUT2D eigenvalue weighted by Gasteiger charge is 2.17. The van der Waals surface area contributed by atoms with Crippen LogP contribution in [-0.4, -0.2) is 16.3 Å². The van der Waals surface area contributed by atoms with Crippen LogP contribution >= 0.6 is 0 Å². The zero-order chi connectivity index (χ0) is 14.7. The van der Waals surface area contributed by atoms with Gasteiger partial charge in [-0.25, -0.2) is 0 Å². The van der Waals surface area contributed by atoms with Crippen molar-refractivity contribution >= 4 is 0 Å². The predicted octanol–water partition coefficient (Wildman–Crippen LogP) is 3.55. The molecule has 20 heavy (non-hydrogen) atoms. The van der Waals surface area contributed by atoms with Gasteiger partial charge in [0.05, 0.1) is 17.4 Å². The molecule has 1 heterocycles. The maximum atomic E-state index is 4.46. The van der Waals surface area contributed by atoms with Crippen molar-refractivity contribution in [3.05, 3.63) is 52.8 Å². The molecular weight excluding hydrogens is 246 g/mol. The Bertz CT molecular complexity index is 552. The topological polar surface area (TPSA) is 29.9 Å². The van der Waals surface area contributed by atoms with Crippen molar-refractivity contribution in [1.82, 2.24) is 15.1 Å². The quantitative estimate of drug-likeness (QED) is 0.901. The monoisotopic (exact) mass is 271 g/mol. The molecule has 2 rings (SSSR count). The third-order valence-electron chi connectivity index (χ3n) is 3.68. The van der Waals surface area contributed by atoms with Crippen molar-refractivity contribution in [2.24, 2.45) is 7.05 Å². The molecule has 0 saturated heterocycles. The van der Waals surface area contributed by atoms with E-state index in [1.54, 1.807) is 0 Å². The maximum absolute atomic E-state index is 4.46. The molecule has 3 heteroatoms. The summed E-state index contributed by atoms with van der Waals surface area (Å²) < 4.78 is 1.97. The summed E-state index contributed by atoms with van der Waals surface area (Å²) >= 11 is 0. The number of hydrogen-bond donors (Lipinski definition) is 1. The summed E-state index contributed by atoms with van der Waals surface area (Å²) in [6, 6.07) is 11.3. The Kier molecular flexibility index (Phi) is 4.61. The van der Waals surface area contributed by atoms with Crippen LogP contribution in [0.4, 0.5) is 0 Å². The summed E-state index contributed by atoms with van der Waals surface area (Å²) in [5, 5.41) is 8.02. The highest BCUT2D eigenvalue weighted by Crippen LogP contribution is 2.24. The lowest BCUT2D eigenvalue weighted by atomic mass is 9.97. The van der Waals surface area contributed by atoms with Crippen molar-refractivity contribution in [1.29, 1.82) is 0 Å². The van der Waals surface area contributed by atoms with Crippen LogP contribution in [0.3, 0.4) is 0 Å². The number of benzene rings is 1. The fourth-order valence-corrected chi connectivity index (χ4v) is 2.57. The smallest absolute Gasteiger partial charge is 0.0748 e. The number of hydrogen-bond acceptors (Lipinski definition) is 2. The van der Waals surface area contributed by atoms with E-state index in [4.69, 9.17) is 0 Å². The molecule has 1 aromatic heterocycles. The third-order valence-corrected chi connectivity index (χ3v) is 3.68. The second-order valence-electron chi connectivity index (χ2n) is 5.65. The molecule has 108 valence electrons. The molecule has 0 saturated carbocycles. The van der Waals surface area contributed by atoms with Gasteiger partial charge in [-0.05, 0) is 36.6 Å². The third kappa shape index (κ3) is 3.10. The predicted molar refractivity (Wildman–Crippen MR) is 84.0 cm³/mol. The first-order valence-electron chi connectivity index (χ1n) is 7.36. The minimum absolute atomic E-state index is 0.201. The average Bonchev–Trinajstić information content (AvgIpc) is 2.75. The highest BCUT2D eigenvalue weighted by atomic mass is 15.3. The number of aryl methyl sites for hydroxylation is 2. The molecule has 0 radical (unpaired) electrons. The number of nitrogens with one attached hydrogen (secondary N) is 1. The Labute approximate surface area is 122 Å². The Morgan fingerprint density at radius 1 is 1.15 bits per heavy atom. The Morgan fingerprint density at radius 2 is 1.75 bits per heavy atom. The van der Waals surface area contributed by atoms with Crippen LogP contribution in [0.15, 0.2) is 30.3 Å². The van der Waals surface area contributed by atoms with Crippen LogP contribution < -0.4 is 5.32 Å². The second kappa shape index (κ2) is 6.23. The van der Waals surface area contributed by atoms with Gasteiger partial charge in [0.25, 0.3) is 0 Å². The molecule has 0 aliphatic rings. The van der Waals surface area contributed by atoms with Gasteiger partial charge in [-0.15, -0.1) is 0 Å². The summed E-state index contributed by atoms with van der Waals surface area (Å²) in [7, 11) is 2.01. The van der Waals surface area contributed by atoms with Crippen molar-refractivity contribution in [2.75, 3.05) is 6.54 Å². The van der Waals surface area contributed by atoms with Crippen LogP contribution in [-0.2, 0) is 7.05 Å². The van der Waals surface area contributed by atoms with E-state index in [2.05, 4.69) is 61.5 Å². The average molecular weight is 271 g/mol. The number of nitrogens with zero attached hydrogens (tertiary/aromatic N) is 2. The Balaban J connectivity index is 2.35. The lowest BCUT2D eigenvalue weighted by molar-refractivity contribution is 0.572. The fraction of sp³-hybridized carbons (Fsp3) is 0.471. The van der Waals surface area contributed by atoms with Crippen LogP contribution in [0.1, 0.15) is 55.2 Å². The van der Waals surface area contributed by atoms with E-state index in [1.807, 2.05) is 18.7 Å². The molecule has 1 atom stereocenters. The van der Waals surface area contributed by atoms with E-state index in [0.717, 1.165) is 12.2 Å². The minimum atomic E-state index is 0.201. The van der Waals surface area contributed by atoms with E-state index in [9.17, 15) is 0 Å². The standard InChI is InChI=1S/C17H25N3/c1-6-18-17(16-11-13(4)19-20(16)5)15-9-7-14(8-10-15)12(2)3/h7-12,17-18H,6H2,1-5H3. The van der Waals surface area contributed by atoms with Gasteiger partial charge in [0, 0.05) is 7.05 Å². The molecule has 0 fully saturated rings. The molecule has 2 aromatic rings. The van der Waals surface area contributed by atoms with Gasteiger partial charge >= 0.3 is 0 Å². The van der Waals surface area contributed by atoms with E-state index >= 15 is 0 Å². The first-order valence-corrected chi connectivity index (χ1v) is 7.36. The largest absolute Gasteiger partial charge is 0.305 e. The molecule has 1 unspecified atom stereocenters. The van der Waals surface area contributed by atoms with Gasteiger partial charge in [-0.2, -0.15) is 5.10 Å². The van der Waals surface area contributed by atoms with Crippen LogP contribution in [0.25, 0.3) is 0 Å². The van der Waals surface area contributed by atoms with Crippen LogP contribution in [0.2, 0.25) is 0 Å². The van der Waals surface area contributed by atoms with E-state index in [-0.39, 0.29) is 6.04 Å². The maximum Gasteiger partial charge on any atom is 0.0748 e. The van der Waals surface area contributed by atoms with Crippen molar-refractivity contribution in [2.45, 2.75) is 39.7 Å². The summed E-state index contributed by atoms with van der Waals surface area (Å²) in [6.45, 7) is 9.55. The number of aromatic nitrogens is 2. The van der Waals surface area contributed by atoms with Gasteiger partial charge in [0.2, 0.25) is 0 Å². The lowest BCUT2D eigenvalue weighted by Crippen LogP contribution is -2.24. The molecule has 0 amide bonds. The van der Waals surface area contributed by atoms with E-state index in [0.29, 0.717) is 5.92 Å². The zero-order valence-corrected chi connectivity index (χ0v) is 13.1. The molecule has 3 nitrogen and oxygen atoms in total. The van der Waals surface area contributed by atoms with Gasteiger partial charge in [-0.1, -0.05) is 45.0 Å². The molecule has 0 spiro atoms. The van der Waals surface area contributed by atoms with Gasteiger partial charge in [0.15, 0.2) is 0 Å². The fourth-order valence-electron chi connectivity index (χ4n) is 2.57. The second-order valence-corrected chi connectivity index (χ2v) is 5.65. The number of rotatable bonds is 5. The van der Waals surface area contributed by atoms with Crippen molar-refractivity contribution in [3.63, 3.8) is 0 Å². The summed E-state index contributed by atoms with van der Waals surface area (Å²) in [5.41, 5.74) is 4.94. The van der Waals surface area contributed by atoms with Crippen LogP contribution in [0, 0.1) is 6.92 Å². The highest BCUT2D eigenvalue weighted by molar-refractivity contribution is 5.32. The molecule has 0 bridgehead atoms. The lowest BCUT2D eigenvalue weighted by Gasteiger charge is -2.19. The van der Waals surface area contributed by atoms with Crippen molar-refractivity contribution in [3.8, 4) is 0 Å². The molecule has 0 aliphatic carbocycles. The van der Waals surface area contributed by atoms with Crippen molar-refractivity contribution < 1.29 is 0 Å². The first kappa shape index (κ1) is 14.8. The van der Waals surface area contributed by atoms with Gasteiger partial charge in [0.1, 0.15) is 0 Å². The van der Waals surface area contributed by atoms with E-state index < -0.39 is 0 Å². The SMILES string of the molecule is CCNC(c1ccc(C(C)C)cc1)c1cc(C)nn1C. The normalized spacial score (nSPS) is 12.9. The van der Waals surface area contributed by atoms with E-state index in [1.165, 1.54) is 16.8 Å². The van der Waals surface area contributed by atoms with Gasteiger partial charge in [-0.3, -0.25) is 4.68 Å². The molecule has 1 aromatic carbocycles. The Hall–Kier alpha value is -1.61. The summed E-state index contributed by atoms with van der Waals surface area (Å²) in [6.07, 6.45) is 0.